The highest BCUT2D eigenvalue weighted by atomic mass is 35.5. The van der Waals surface area contributed by atoms with Crippen molar-refractivity contribution in [1.82, 2.24) is 0 Å². The molecule has 2 nitrogen and oxygen atoms in total. The Morgan fingerprint density at radius 1 is 1.27 bits per heavy atom. The maximum Gasteiger partial charge on any atom is 0.0462 e. The molecule has 0 saturated heterocycles. The van der Waals surface area contributed by atoms with Crippen LogP contribution in [-0.4, -0.2) is 17.8 Å². The van der Waals surface area contributed by atoms with Crippen LogP contribution in [0.4, 0.5) is 0 Å². The Bertz CT molecular complexity index is 140. The van der Waals surface area contributed by atoms with Crippen LogP contribution in [0.5, 0.6) is 0 Å². The van der Waals surface area contributed by atoms with Crippen LogP contribution in [0.1, 0.15) is 19.3 Å². The van der Waals surface area contributed by atoms with Crippen molar-refractivity contribution in [2.24, 2.45) is 23.5 Å². The normalized spacial score (nSPS) is 47.5. The number of halogens is 1. The Balaban J connectivity index is 0.000000605. The van der Waals surface area contributed by atoms with Crippen molar-refractivity contribution >= 4 is 12.4 Å². The van der Waals surface area contributed by atoms with Gasteiger partial charge in [-0.25, -0.2) is 0 Å². The Morgan fingerprint density at radius 2 is 2.00 bits per heavy atom. The zero-order chi connectivity index (χ0) is 7.14. The van der Waals surface area contributed by atoms with Crippen molar-refractivity contribution in [3.8, 4) is 0 Å². The lowest BCUT2D eigenvalue weighted by atomic mass is 9.86. The van der Waals surface area contributed by atoms with E-state index in [-0.39, 0.29) is 12.4 Å². The van der Waals surface area contributed by atoms with Crippen LogP contribution >= 0.6 is 12.4 Å². The second-order valence-corrected chi connectivity index (χ2v) is 3.84. The molecule has 0 amide bonds. The Kier molecular flexibility index (Phi) is 2.79. The predicted octanol–water partition coefficient (Wildman–Crippen LogP) is 0.774. The minimum Gasteiger partial charge on any atom is -0.396 e. The highest BCUT2D eigenvalue weighted by molar-refractivity contribution is 5.85. The first-order valence-electron chi connectivity index (χ1n) is 4.17. The van der Waals surface area contributed by atoms with Gasteiger partial charge in [-0.15, -0.1) is 12.4 Å². The van der Waals surface area contributed by atoms with Crippen LogP contribution in [0.25, 0.3) is 0 Å². The van der Waals surface area contributed by atoms with Crippen LogP contribution < -0.4 is 5.73 Å². The van der Waals surface area contributed by atoms with Gasteiger partial charge in [-0.1, -0.05) is 0 Å². The summed E-state index contributed by atoms with van der Waals surface area (Å²) in [6.45, 7) is 0.356. The summed E-state index contributed by atoms with van der Waals surface area (Å²) in [5, 5.41) is 8.95. The van der Waals surface area contributed by atoms with Gasteiger partial charge in [-0.05, 0) is 37.0 Å². The lowest BCUT2D eigenvalue weighted by molar-refractivity contribution is 0.166. The van der Waals surface area contributed by atoms with E-state index in [4.69, 9.17) is 10.8 Å². The molecule has 2 fully saturated rings. The SMILES string of the molecule is Cl.N[C@H]1C[C@H]2C[C@H](CO)[C@@H]1C2. The lowest BCUT2D eigenvalue weighted by Crippen LogP contribution is -2.33. The van der Waals surface area contributed by atoms with Crippen molar-refractivity contribution in [3.63, 3.8) is 0 Å². The third-order valence-electron chi connectivity index (χ3n) is 3.24. The van der Waals surface area contributed by atoms with Gasteiger partial charge >= 0.3 is 0 Å². The van der Waals surface area contributed by atoms with Crippen molar-refractivity contribution in [2.75, 3.05) is 6.61 Å². The summed E-state index contributed by atoms with van der Waals surface area (Å²) in [5.74, 6) is 2.03. The average molecular weight is 178 g/mol. The third kappa shape index (κ3) is 1.40. The topological polar surface area (TPSA) is 46.2 Å². The molecule has 66 valence electrons. The second-order valence-electron chi connectivity index (χ2n) is 3.84. The van der Waals surface area contributed by atoms with E-state index in [1.807, 2.05) is 0 Å². The molecule has 0 aromatic heterocycles. The molecule has 2 rings (SSSR count). The smallest absolute Gasteiger partial charge is 0.0462 e. The molecule has 2 bridgehead atoms. The number of aliphatic hydroxyl groups is 1. The van der Waals surface area contributed by atoms with E-state index in [1.165, 1.54) is 19.3 Å². The van der Waals surface area contributed by atoms with Gasteiger partial charge in [0.1, 0.15) is 0 Å². The molecule has 0 spiro atoms. The number of aliphatic hydroxyl groups excluding tert-OH is 1. The number of fused-ring (bicyclic) bond motifs is 2. The van der Waals surface area contributed by atoms with Crippen molar-refractivity contribution in [1.29, 1.82) is 0 Å². The lowest BCUT2D eigenvalue weighted by Gasteiger charge is -2.24. The molecule has 0 aromatic rings. The highest BCUT2D eigenvalue weighted by Gasteiger charge is 2.43. The van der Waals surface area contributed by atoms with Gasteiger partial charge in [-0.3, -0.25) is 0 Å². The average Bonchev–Trinajstić information content (AvgIpc) is 2.44. The van der Waals surface area contributed by atoms with Crippen LogP contribution in [0.3, 0.4) is 0 Å². The summed E-state index contributed by atoms with van der Waals surface area (Å²) in [6, 6.07) is 0.399. The zero-order valence-corrected chi connectivity index (χ0v) is 7.39. The molecule has 4 atom stereocenters. The fourth-order valence-electron chi connectivity index (χ4n) is 2.76. The number of hydrogen-bond acceptors (Lipinski definition) is 2. The minimum absolute atomic E-state index is 0. The van der Waals surface area contributed by atoms with E-state index in [9.17, 15) is 0 Å². The molecule has 3 heteroatoms. The molecule has 0 radical (unpaired) electrons. The standard InChI is InChI=1S/C8H15NO.ClH/c9-8-3-5-1-6(4-10)7(8)2-5;/h5-8,10H,1-4,9H2;1H/t5-,6+,7-,8-;/m0./s1. The van der Waals surface area contributed by atoms with Gasteiger partial charge in [0.05, 0.1) is 0 Å². The van der Waals surface area contributed by atoms with Gasteiger partial charge in [0, 0.05) is 12.6 Å². The zero-order valence-electron chi connectivity index (χ0n) is 6.57. The Morgan fingerprint density at radius 3 is 2.36 bits per heavy atom. The Labute approximate surface area is 73.6 Å². The summed E-state index contributed by atoms with van der Waals surface area (Å²) >= 11 is 0. The van der Waals surface area contributed by atoms with Gasteiger partial charge in [0.25, 0.3) is 0 Å². The van der Waals surface area contributed by atoms with Crippen LogP contribution in [0, 0.1) is 17.8 Å². The van der Waals surface area contributed by atoms with E-state index in [0.29, 0.717) is 24.5 Å². The molecule has 11 heavy (non-hydrogen) atoms. The molecule has 0 heterocycles. The summed E-state index contributed by atoms with van der Waals surface area (Å²) < 4.78 is 0. The third-order valence-corrected chi connectivity index (χ3v) is 3.24. The van der Waals surface area contributed by atoms with Crippen LogP contribution in [-0.2, 0) is 0 Å². The number of rotatable bonds is 1. The van der Waals surface area contributed by atoms with E-state index < -0.39 is 0 Å². The van der Waals surface area contributed by atoms with Crippen molar-refractivity contribution in [2.45, 2.75) is 25.3 Å². The quantitative estimate of drug-likeness (QED) is 0.622. The fraction of sp³-hybridized carbons (Fsp3) is 1.00. The van der Waals surface area contributed by atoms with Gasteiger partial charge in [0.15, 0.2) is 0 Å². The van der Waals surface area contributed by atoms with E-state index in [2.05, 4.69) is 0 Å². The largest absolute Gasteiger partial charge is 0.396 e. The molecule has 2 aliphatic carbocycles. The van der Waals surface area contributed by atoms with Gasteiger partial charge < -0.3 is 10.8 Å². The van der Waals surface area contributed by atoms with Gasteiger partial charge in [0.2, 0.25) is 0 Å². The maximum absolute atomic E-state index is 8.95. The summed E-state index contributed by atoms with van der Waals surface area (Å²) in [6.07, 6.45) is 3.72. The first-order valence-corrected chi connectivity index (χ1v) is 4.17. The van der Waals surface area contributed by atoms with E-state index in [0.717, 1.165) is 5.92 Å². The summed E-state index contributed by atoms with van der Waals surface area (Å²) in [5.41, 5.74) is 5.87. The predicted molar refractivity (Wildman–Crippen MR) is 46.6 cm³/mol. The van der Waals surface area contributed by atoms with E-state index >= 15 is 0 Å². The molecule has 2 saturated carbocycles. The molecular weight excluding hydrogens is 162 g/mol. The first-order chi connectivity index (χ1) is 4.81. The first kappa shape index (κ1) is 9.30. The summed E-state index contributed by atoms with van der Waals surface area (Å²) in [7, 11) is 0. The summed E-state index contributed by atoms with van der Waals surface area (Å²) in [4.78, 5) is 0. The number of nitrogens with two attached hydrogens (primary N) is 1. The molecule has 2 aliphatic rings. The van der Waals surface area contributed by atoms with Crippen LogP contribution in [0.2, 0.25) is 0 Å². The second kappa shape index (κ2) is 3.30. The van der Waals surface area contributed by atoms with Gasteiger partial charge in [-0.2, -0.15) is 0 Å². The number of hydrogen-bond donors (Lipinski definition) is 2. The molecule has 0 aliphatic heterocycles. The van der Waals surface area contributed by atoms with E-state index in [1.54, 1.807) is 0 Å². The molecular formula is C8H16ClNO. The molecule has 0 aromatic carbocycles. The fourth-order valence-corrected chi connectivity index (χ4v) is 2.76. The maximum atomic E-state index is 8.95. The van der Waals surface area contributed by atoms with Crippen molar-refractivity contribution in [3.05, 3.63) is 0 Å². The van der Waals surface area contributed by atoms with Crippen molar-refractivity contribution < 1.29 is 5.11 Å². The monoisotopic (exact) mass is 177 g/mol. The molecule has 3 N–H and O–H groups in total. The molecule has 0 unspecified atom stereocenters. The Hall–Kier alpha value is 0.210. The minimum atomic E-state index is 0. The van der Waals surface area contributed by atoms with Crippen LogP contribution in [0.15, 0.2) is 0 Å². The highest BCUT2D eigenvalue weighted by Crippen LogP contribution is 2.47.